The first kappa shape index (κ1) is 17.6. The molecule has 0 atom stereocenters. The van der Waals surface area contributed by atoms with Crippen molar-refractivity contribution in [3.05, 3.63) is 54.0 Å². The maximum atomic E-state index is 13.2. The van der Waals surface area contributed by atoms with E-state index in [1.54, 1.807) is 0 Å². The van der Waals surface area contributed by atoms with Crippen LogP contribution in [0.5, 0.6) is 5.88 Å². The van der Waals surface area contributed by atoms with Gasteiger partial charge in [-0.3, -0.25) is 0 Å². The van der Waals surface area contributed by atoms with Gasteiger partial charge in [0.1, 0.15) is 11.9 Å². The number of hydrogen-bond acceptors (Lipinski definition) is 4. The lowest BCUT2D eigenvalue weighted by Crippen LogP contribution is -2.56. The maximum Gasteiger partial charge on any atom is 0.416 e. The standard InChI is InChI=1S/C15H12F4N2O3S/c16-11-2-1-3-13(7-11)25(22,23)21-8-12(9-21)24-14-6-10(4-5-20-14)15(17,18)19/h1-7,12H,8-9H2. The van der Waals surface area contributed by atoms with Gasteiger partial charge in [0.2, 0.25) is 15.9 Å². The minimum atomic E-state index is -4.52. The third-order valence-corrected chi connectivity index (χ3v) is 5.43. The van der Waals surface area contributed by atoms with E-state index < -0.39 is 33.7 Å². The van der Waals surface area contributed by atoms with E-state index in [2.05, 4.69) is 4.98 Å². The summed E-state index contributed by atoms with van der Waals surface area (Å²) in [4.78, 5) is 3.50. The second kappa shape index (κ2) is 6.26. The number of sulfonamides is 1. The molecule has 1 saturated heterocycles. The summed E-state index contributed by atoms with van der Waals surface area (Å²) in [7, 11) is -3.87. The van der Waals surface area contributed by atoms with Gasteiger partial charge in [0.05, 0.1) is 23.5 Å². The molecule has 134 valence electrons. The zero-order valence-corrected chi connectivity index (χ0v) is 13.4. The predicted molar refractivity (Wildman–Crippen MR) is 78.8 cm³/mol. The molecule has 0 unspecified atom stereocenters. The van der Waals surface area contributed by atoms with Crippen molar-refractivity contribution in [3.8, 4) is 5.88 Å². The van der Waals surface area contributed by atoms with Crippen LogP contribution >= 0.6 is 0 Å². The number of halogens is 4. The molecule has 5 nitrogen and oxygen atoms in total. The van der Waals surface area contributed by atoms with Crippen LogP contribution in [-0.2, 0) is 16.2 Å². The Morgan fingerprint density at radius 3 is 2.52 bits per heavy atom. The average Bonchev–Trinajstić information content (AvgIpc) is 2.50. The van der Waals surface area contributed by atoms with Gasteiger partial charge in [-0.05, 0) is 24.3 Å². The Kier molecular flexibility index (Phi) is 4.41. The molecule has 3 rings (SSSR count). The number of ether oxygens (including phenoxy) is 1. The molecule has 1 aromatic carbocycles. The third kappa shape index (κ3) is 3.74. The van der Waals surface area contributed by atoms with Crippen LogP contribution in [0.1, 0.15) is 5.56 Å². The van der Waals surface area contributed by atoms with Crippen LogP contribution in [0.4, 0.5) is 17.6 Å². The third-order valence-electron chi connectivity index (χ3n) is 3.60. The Balaban J connectivity index is 1.65. The lowest BCUT2D eigenvalue weighted by atomic mass is 10.2. The molecule has 0 saturated carbocycles. The van der Waals surface area contributed by atoms with Gasteiger partial charge in [0.25, 0.3) is 0 Å². The highest BCUT2D eigenvalue weighted by Gasteiger charge is 2.39. The average molecular weight is 376 g/mol. The van der Waals surface area contributed by atoms with Crippen LogP contribution in [0, 0.1) is 5.82 Å². The van der Waals surface area contributed by atoms with Crippen LogP contribution in [-0.4, -0.2) is 36.9 Å². The van der Waals surface area contributed by atoms with Gasteiger partial charge in [-0.1, -0.05) is 6.07 Å². The Labute approximate surface area is 140 Å². The smallest absolute Gasteiger partial charge is 0.416 e. The predicted octanol–water partition coefficient (Wildman–Crippen LogP) is 2.69. The summed E-state index contributed by atoms with van der Waals surface area (Å²) in [6, 6.07) is 6.14. The Morgan fingerprint density at radius 1 is 1.16 bits per heavy atom. The van der Waals surface area contributed by atoms with Crippen molar-refractivity contribution in [2.75, 3.05) is 13.1 Å². The summed E-state index contributed by atoms with van der Waals surface area (Å²) < 4.78 is 82.0. The van der Waals surface area contributed by atoms with E-state index >= 15 is 0 Å². The van der Waals surface area contributed by atoms with Gasteiger partial charge in [-0.2, -0.15) is 17.5 Å². The first-order valence-corrected chi connectivity index (χ1v) is 8.56. The van der Waals surface area contributed by atoms with Crippen LogP contribution in [0.15, 0.2) is 47.5 Å². The zero-order chi connectivity index (χ0) is 18.2. The van der Waals surface area contributed by atoms with E-state index in [9.17, 15) is 26.0 Å². The van der Waals surface area contributed by atoms with Gasteiger partial charge < -0.3 is 4.74 Å². The second-order valence-corrected chi connectivity index (χ2v) is 7.34. The summed E-state index contributed by atoms with van der Waals surface area (Å²) in [6.45, 7) is -0.118. The lowest BCUT2D eigenvalue weighted by molar-refractivity contribution is -0.137. The van der Waals surface area contributed by atoms with E-state index in [0.717, 1.165) is 34.8 Å². The molecule has 0 amide bonds. The van der Waals surface area contributed by atoms with Gasteiger partial charge in [-0.15, -0.1) is 0 Å². The molecule has 2 heterocycles. The van der Waals surface area contributed by atoms with E-state index in [1.807, 2.05) is 0 Å². The largest absolute Gasteiger partial charge is 0.472 e. The van der Waals surface area contributed by atoms with E-state index in [1.165, 1.54) is 12.1 Å². The number of alkyl halides is 3. The molecule has 0 bridgehead atoms. The van der Waals surface area contributed by atoms with Gasteiger partial charge >= 0.3 is 6.18 Å². The van der Waals surface area contributed by atoms with Crippen molar-refractivity contribution in [2.24, 2.45) is 0 Å². The molecular weight excluding hydrogens is 364 g/mol. The van der Waals surface area contributed by atoms with Crippen molar-refractivity contribution >= 4 is 10.0 Å². The Hall–Kier alpha value is -2.20. The Bertz CT molecular complexity index is 880. The highest BCUT2D eigenvalue weighted by atomic mass is 32.2. The zero-order valence-electron chi connectivity index (χ0n) is 12.6. The van der Waals surface area contributed by atoms with Gasteiger partial charge in [0.15, 0.2) is 0 Å². The number of benzene rings is 1. The number of rotatable bonds is 4. The lowest BCUT2D eigenvalue weighted by Gasteiger charge is -2.37. The Morgan fingerprint density at radius 2 is 1.88 bits per heavy atom. The van der Waals surface area contributed by atoms with Crippen molar-refractivity contribution in [1.82, 2.24) is 9.29 Å². The van der Waals surface area contributed by atoms with E-state index in [-0.39, 0.29) is 23.9 Å². The van der Waals surface area contributed by atoms with Crippen LogP contribution in [0.3, 0.4) is 0 Å². The van der Waals surface area contributed by atoms with Crippen molar-refractivity contribution < 1.29 is 30.7 Å². The molecule has 1 aliphatic heterocycles. The molecule has 10 heteroatoms. The normalized spacial score (nSPS) is 16.5. The topological polar surface area (TPSA) is 59.5 Å². The minimum absolute atomic E-state index is 0.0588. The fourth-order valence-corrected chi connectivity index (χ4v) is 3.80. The van der Waals surface area contributed by atoms with Crippen molar-refractivity contribution in [2.45, 2.75) is 17.2 Å². The fraction of sp³-hybridized carbons (Fsp3) is 0.267. The molecule has 1 aromatic heterocycles. The number of nitrogens with zero attached hydrogens (tertiary/aromatic N) is 2. The first-order chi connectivity index (χ1) is 11.7. The molecule has 2 aromatic rings. The van der Waals surface area contributed by atoms with E-state index in [4.69, 9.17) is 4.74 Å². The number of aromatic nitrogens is 1. The molecule has 0 spiro atoms. The fourth-order valence-electron chi connectivity index (χ4n) is 2.27. The van der Waals surface area contributed by atoms with Gasteiger partial charge in [0, 0.05) is 12.3 Å². The highest BCUT2D eigenvalue weighted by Crippen LogP contribution is 2.31. The molecule has 0 N–H and O–H groups in total. The molecule has 1 fully saturated rings. The maximum absolute atomic E-state index is 13.2. The summed E-state index contributed by atoms with van der Waals surface area (Å²) >= 11 is 0. The minimum Gasteiger partial charge on any atom is -0.472 e. The quantitative estimate of drug-likeness (QED) is 0.770. The first-order valence-electron chi connectivity index (χ1n) is 7.12. The van der Waals surface area contributed by atoms with Crippen molar-refractivity contribution in [3.63, 3.8) is 0 Å². The molecular formula is C15H12F4N2O3S. The monoisotopic (exact) mass is 376 g/mol. The highest BCUT2D eigenvalue weighted by molar-refractivity contribution is 7.89. The van der Waals surface area contributed by atoms with Crippen LogP contribution in [0.2, 0.25) is 0 Å². The number of pyridine rings is 1. The summed E-state index contributed by atoms with van der Waals surface area (Å²) in [5.41, 5.74) is -0.902. The van der Waals surface area contributed by atoms with E-state index in [0.29, 0.717) is 0 Å². The van der Waals surface area contributed by atoms with Crippen LogP contribution < -0.4 is 4.74 Å². The number of hydrogen-bond donors (Lipinski definition) is 0. The molecule has 25 heavy (non-hydrogen) atoms. The summed E-state index contributed by atoms with van der Waals surface area (Å²) in [5, 5.41) is 0. The van der Waals surface area contributed by atoms with Crippen LogP contribution in [0.25, 0.3) is 0 Å². The van der Waals surface area contributed by atoms with Gasteiger partial charge in [-0.25, -0.2) is 17.8 Å². The molecule has 0 radical (unpaired) electrons. The second-order valence-electron chi connectivity index (χ2n) is 5.40. The SMILES string of the molecule is O=S(=O)(c1cccc(F)c1)N1CC(Oc2cc(C(F)(F)F)ccn2)C1. The summed E-state index contributed by atoms with van der Waals surface area (Å²) in [5.74, 6) is -0.912. The molecule has 0 aliphatic carbocycles. The molecule has 1 aliphatic rings. The summed E-state index contributed by atoms with van der Waals surface area (Å²) in [6.07, 6.45) is -4.18. The van der Waals surface area contributed by atoms with Crippen molar-refractivity contribution in [1.29, 1.82) is 0 Å².